The highest BCUT2D eigenvalue weighted by Crippen LogP contribution is 2.62. The summed E-state index contributed by atoms with van der Waals surface area (Å²) in [4.78, 5) is 0. The number of thiocarbonyl (C=S) groups is 1. The van der Waals surface area contributed by atoms with Crippen molar-refractivity contribution in [2.24, 2.45) is 4.74 Å². The summed E-state index contributed by atoms with van der Waals surface area (Å²) in [7, 11) is -2.15. The third kappa shape index (κ3) is 5.03. The summed E-state index contributed by atoms with van der Waals surface area (Å²) in [5, 5.41) is 5.12. The second-order valence-corrected chi connectivity index (χ2v) is 13.2. The normalized spacial score (nSPS) is 17.4. The number of anilines is 1. The van der Waals surface area contributed by atoms with Gasteiger partial charge in [0.15, 0.2) is 5.11 Å². The minimum Gasteiger partial charge on any atom is -0.379 e. The van der Waals surface area contributed by atoms with Crippen molar-refractivity contribution in [2.45, 2.75) is 45.7 Å². The zero-order valence-corrected chi connectivity index (χ0v) is 20.5. The molecule has 3 rings (SSSR count). The van der Waals surface area contributed by atoms with Crippen LogP contribution >= 0.6 is 19.4 Å². The maximum absolute atomic E-state index is 5.80. The molecule has 6 heteroatoms. The standard InChI is InChI=1S/C24H34N3OPS/c1-19(2)20-11-13-21(14-12-20)25-23(30)26-29(24(3,4)5,22-9-7-6-8-10-22)27-15-17-28-18-16-27/h6-14,19H,15-18H2,1-5H3,(H,25,30). The van der Waals surface area contributed by atoms with Crippen LogP contribution in [0, 0.1) is 0 Å². The van der Waals surface area contributed by atoms with Gasteiger partial charge in [-0.25, -0.2) is 4.74 Å². The number of hydrogen-bond donors (Lipinski definition) is 1. The number of morpholine rings is 1. The Hall–Kier alpha value is -1.52. The van der Waals surface area contributed by atoms with Crippen molar-refractivity contribution in [3.63, 3.8) is 0 Å². The van der Waals surface area contributed by atoms with Crippen molar-refractivity contribution in [3.05, 3.63) is 60.2 Å². The van der Waals surface area contributed by atoms with Crippen LogP contribution in [-0.2, 0) is 4.74 Å². The zero-order chi connectivity index (χ0) is 21.8. The molecular formula is C24H34N3OPS. The molecule has 1 atom stereocenters. The van der Waals surface area contributed by atoms with Crippen molar-refractivity contribution in [1.29, 1.82) is 0 Å². The van der Waals surface area contributed by atoms with Crippen LogP contribution in [-0.4, -0.2) is 41.2 Å². The lowest BCUT2D eigenvalue weighted by atomic mass is 10.0. The summed E-state index contributed by atoms with van der Waals surface area (Å²) in [6, 6.07) is 19.2. The van der Waals surface area contributed by atoms with E-state index in [1.165, 1.54) is 10.9 Å². The van der Waals surface area contributed by atoms with Gasteiger partial charge in [0.05, 0.1) is 20.4 Å². The molecule has 0 saturated carbocycles. The van der Waals surface area contributed by atoms with Crippen molar-refractivity contribution in [3.8, 4) is 0 Å². The van der Waals surface area contributed by atoms with Crippen LogP contribution in [0.25, 0.3) is 0 Å². The van der Waals surface area contributed by atoms with Gasteiger partial charge in [-0.3, -0.25) is 4.67 Å². The summed E-state index contributed by atoms with van der Waals surface area (Å²) < 4.78 is 13.5. The summed E-state index contributed by atoms with van der Waals surface area (Å²) in [6.07, 6.45) is 0. The minimum absolute atomic E-state index is 0.0705. The van der Waals surface area contributed by atoms with Crippen LogP contribution in [0.1, 0.15) is 46.1 Å². The molecule has 2 aromatic carbocycles. The predicted molar refractivity (Wildman–Crippen MR) is 134 cm³/mol. The van der Waals surface area contributed by atoms with Gasteiger partial charge in [-0.15, -0.1) is 0 Å². The first kappa shape index (κ1) is 23.1. The van der Waals surface area contributed by atoms with Gasteiger partial charge in [0, 0.05) is 29.2 Å². The third-order valence-corrected chi connectivity index (χ3v) is 10.4. The first-order valence-corrected chi connectivity index (χ1v) is 12.8. The molecule has 1 aliphatic rings. The Kier molecular flexibility index (Phi) is 7.52. The first-order valence-electron chi connectivity index (χ1n) is 10.7. The van der Waals surface area contributed by atoms with E-state index in [0.29, 0.717) is 11.0 Å². The van der Waals surface area contributed by atoms with E-state index in [9.17, 15) is 0 Å². The van der Waals surface area contributed by atoms with Crippen LogP contribution < -0.4 is 10.6 Å². The molecule has 1 N–H and O–H groups in total. The smallest absolute Gasteiger partial charge is 0.197 e. The van der Waals surface area contributed by atoms with Crippen molar-refractivity contribution in [1.82, 2.24) is 4.67 Å². The average molecular weight is 444 g/mol. The van der Waals surface area contributed by atoms with Gasteiger partial charge >= 0.3 is 0 Å². The number of nitrogens with one attached hydrogen (secondary N) is 1. The van der Waals surface area contributed by atoms with E-state index >= 15 is 0 Å². The summed E-state index contributed by atoms with van der Waals surface area (Å²) in [5.41, 5.74) is 2.30. The van der Waals surface area contributed by atoms with E-state index in [1.54, 1.807) is 0 Å². The van der Waals surface area contributed by atoms with Gasteiger partial charge in [-0.1, -0.05) is 77.1 Å². The van der Waals surface area contributed by atoms with Crippen LogP contribution in [0.5, 0.6) is 0 Å². The number of ether oxygens (including phenoxy) is 1. The Morgan fingerprint density at radius 1 is 1.03 bits per heavy atom. The van der Waals surface area contributed by atoms with Gasteiger partial charge in [-0.05, 0) is 35.8 Å². The molecule has 0 aromatic heterocycles. The first-order chi connectivity index (χ1) is 14.2. The Morgan fingerprint density at radius 2 is 1.63 bits per heavy atom. The highest BCUT2D eigenvalue weighted by molar-refractivity contribution is 7.82. The maximum atomic E-state index is 5.80. The molecule has 1 aliphatic heterocycles. The molecule has 1 saturated heterocycles. The highest BCUT2D eigenvalue weighted by atomic mass is 32.1. The number of hydrogen-bond acceptors (Lipinski definition) is 2. The summed E-state index contributed by atoms with van der Waals surface area (Å²) in [6.45, 7) is 14.5. The van der Waals surface area contributed by atoms with Crippen LogP contribution in [0.2, 0.25) is 0 Å². The van der Waals surface area contributed by atoms with Crippen molar-refractivity contribution >= 4 is 35.5 Å². The minimum atomic E-state index is -2.15. The topological polar surface area (TPSA) is 36.9 Å². The molecule has 0 amide bonds. The largest absolute Gasteiger partial charge is 0.379 e. The second kappa shape index (κ2) is 9.74. The molecular weight excluding hydrogens is 409 g/mol. The molecule has 0 radical (unpaired) electrons. The molecule has 0 spiro atoms. The predicted octanol–water partition coefficient (Wildman–Crippen LogP) is 6.08. The molecule has 0 bridgehead atoms. The maximum Gasteiger partial charge on any atom is 0.197 e. The third-order valence-electron chi connectivity index (χ3n) is 5.51. The summed E-state index contributed by atoms with van der Waals surface area (Å²) >= 11 is 5.80. The van der Waals surface area contributed by atoms with Gasteiger partial charge in [0.1, 0.15) is 0 Å². The fraction of sp³-hybridized carbons (Fsp3) is 0.458. The molecule has 1 heterocycles. The van der Waals surface area contributed by atoms with E-state index < -0.39 is 7.21 Å². The van der Waals surface area contributed by atoms with Gasteiger partial charge in [0.25, 0.3) is 0 Å². The molecule has 0 aliphatic carbocycles. The summed E-state index contributed by atoms with van der Waals surface area (Å²) in [5.74, 6) is 0.509. The van der Waals surface area contributed by atoms with Crippen LogP contribution in [0.3, 0.4) is 0 Å². The molecule has 1 unspecified atom stereocenters. The quantitative estimate of drug-likeness (QED) is 0.459. The van der Waals surface area contributed by atoms with E-state index in [2.05, 4.69) is 99.2 Å². The lowest BCUT2D eigenvalue weighted by molar-refractivity contribution is 0.0738. The van der Waals surface area contributed by atoms with E-state index in [-0.39, 0.29) is 5.16 Å². The monoisotopic (exact) mass is 443 g/mol. The zero-order valence-electron chi connectivity index (χ0n) is 18.8. The average Bonchev–Trinajstić information content (AvgIpc) is 2.73. The van der Waals surface area contributed by atoms with Crippen molar-refractivity contribution in [2.75, 3.05) is 31.6 Å². The molecule has 2 aromatic rings. The van der Waals surface area contributed by atoms with E-state index in [1.807, 2.05) is 0 Å². The van der Waals surface area contributed by atoms with Gasteiger partial charge in [-0.2, -0.15) is 0 Å². The van der Waals surface area contributed by atoms with Crippen LogP contribution in [0.15, 0.2) is 59.3 Å². The molecule has 30 heavy (non-hydrogen) atoms. The highest BCUT2D eigenvalue weighted by Gasteiger charge is 2.41. The number of rotatable bonds is 4. The molecule has 162 valence electrons. The fourth-order valence-electron chi connectivity index (χ4n) is 3.96. The Balaban J connectivity index is 2.04. The van der Waals surface area contributed by atoms with Gasteiger partial charge < -0.3 is 10.1 Å². The van der Waals surface area contributed by atoms with E-state index in [0.717, 1.165) is 32.0 Å². The Labute approximate surface area is 187 Å². The van der Waals surface area contributed by atoms with E-state index in [4.69, 9.17) is 21.7 Å². The van der Waals surface area contributed by atoms with Crippen molar-refractivity contribution < 1.29 is 4.74 Å². The molecule has 4 nitrogen and oxygen atoms in total. The Morgan fingerprint density at radius 3 is 2.17 bits per heavy atom. The number of nitrogens with zero attached hydrogens (tertiary/aromatic N) is 2. The lowest BCUT2D eigenvalue weighted by Crippen LogP contribution is -2.43. The molecule has 1 fully saturated rings. The van der Waals surface area contributed by atoms with Crippen LogP contribution in [0.4, 0.5) is 5.69 Å². The second-order valence-electron chi connectivity index (χ2n) is 8.98. The SMILES string of the molecule is CC(C)c1ccc(NC(=S)N=P(c2ccccc2)(N2CCOCC2)C(C)(C)C)cc1. The number of benzene rings is 2. The lowest BCUT2D eigenvalue weighted by Gasteiger charge is -2.46. The Bertz CT molecular complexity index is 898. The van der Waals surface area contributed by atoms with Gasteiger partial charge in [0.2, 0.25) is 0 Å². The fourth-order valence-corrected chi connectivity index (χ4v) is 8.56.